The largest absolute Gasteiger partial charge is 0.496 e. The predicted molar refractivity (Wildman–Crippen MR) is 114 cm³/mol. The summed E-state index contributed by atoms with van der Waals surface area (Å²) in [6, 6.07) is 0. The summed E-state index contributed by atoms with van der Waals surface area (Å²) < 4.78 is 7.26. The summed E-state index contributed by atoms with van der Waals surface area (Å²) >= 11 is 1.54. The van der Waals surface area contributed by atoms with Crippen LogP contribution in [0.5, 0.6) is 5.75 Å². The molecule has 2 aromatic heterocycles. The Kier molecular flexibility index (Phi) is 5.66. The van der Waals surface area contributed by atoms with Crippen molar-refractivity contribution in [3.63, 3.8) is 0 Å². The molecule has 0 radical (unpaired) electrons. The van der Waals surface area contributed by atoms with Crippen molar-refractivity contribution in [1.82, 2.24) is 14.8 Å². The maximum Gasteiger partial charge on any atom is 0.132 e. The van der Waals surface area contributed by atoms with Crippen molar-refractivity contribution in [3.05, 3.63) is 46.7 Å². The number of methoxy groups -OCH3 is 1. The van der Waals surface area contributed by atoms with Gasteiger partial charge < -0.3 is 16.2 Å². The number of hydrogen-bond acceptors (Lipinski definition) is 7. The maximum atomic E-state index is 6.45. The molecule has 0 spiro atoms. The van der Waals surface area contributed by atoms with Crippen LogP contribution in [0.4, 0.5) is 5.82 Å². The van der Waals surface area contributed by atoms with E-state index in [1.54, 1.807) is 18.0 Å². The normalized spacial score (nSPS) is 17.0. The third-order valence-corrected chi connectivity index (χ3v) is 5.60. The van der Waals surface area contributed by atoms with Gasteiger partial charge in [0, 0.05) is 23.7 Å². The molecule has 1 unspecified atom stereocenters. The Morgan fingerprint density at radius 2 is 2.25 bits per heavy atom. The highest BCUT2D eigenvalue weighted by atomic mass is 32.2. The number of nitrogens with zero attached hydrogens (tertiary/aromatic N) is 4. The molecule has 0 bridgehead atoms. The molecule has 0 aliphatic carbocycles. The monoisotopic (exact) mass is 396 g/mol. The Morgan fingerprint density at radius 3 is 2.89 bits per heavy atom. The van der Waals surface area contributed by atoms with E-state index in [9.17, 15) is 0 Å². The molecule has 0 amide bonds. The Balaban J connectivity index is 2.05. The van der Waals surface area contributed by atoms with Crippen molar-refractivity contribution >= 4 is 22.6 Å². The van der Waals surface area contributed by atoms with Crippen molar-refractivity contribution in [2.75, 3.05) is 12.8 Å². The number of nitrogen functional groups attached to an aromatic ring is 1. The molecule has 3 rings (SSSR count). The van der Waals surface area contributed by atoms with Crippen molar-refractivity contribution in [2.45, 2.75) is 39.0 Å². The standard InChI is InChI=1S/C20H24N6OS/c1-6-7-14-8-15-17(20(28-14)24-13(4)21)19(22)26(25-15)10-16-12(3)18(27-5)11(2)9-23-16/h9,14H,4,8,10,21-22H2,1-3,5H3/b24-20+. The summed E-state index contributed by atoms with van der Waals surface area (Å²) in [6.07, 6.45) is 2.49. The Hall–Kier alpha value is -2.92. The lowest BCUT2D eigenvalue weighted by Crippen LogP contribution is -2.19. The van der Waals surface area contributed by atoms with E-state index in [0.29, 0.717) is 23.8 Å². The van der Waals surface area contributed by atoms with Gasteiger partial charge in [-0.25, -0.2) is 9.67 Å². The number of fused-ring (bicyclic) bond motifs is 1. The fourth-order valence-electron chi connectivity index (χ4n) is 3.26. The summed E-state index contributed by atoms with van der Waals surface area (Å²) in [5, 5.41) is 5.49. The zero-order valence-electron chi connectivity index (χ0n) is 16.5. The Labute approximate surface area is 169 Å². The van der Waals surface area contributed by atoms with Crippen LogP contribution >= 0.6 is 11.8 Å². The predicted octanol–water partition coefficient (Wildman–Crippen LogP) is 2.39. The molecule has 0 saturated carbocycles. The van der Waals surface area contributed by atoms with E-state index in [4.69, 9.17) is 21.3 Å². The minimum Gasteiger partial charge on any atom is -0.496 e. The zero-order chi connectivity index (χ0) is 20.4. The molecule has 1 atom stereocenters. The molecule has 28 heavy (non-hydrogen) atoms. The van der Waals surface area contributed by atoms with Gasteiger partial charge in [-0.05, 0) is 20.8 Å². The summed E-state index contributed by atoms with van der Waals surface area (Å²) in [5.41, 5.74) is 16.7. The van der Waals surface area contributed by atoms with Crippen molar-refractivity contribution in [3.8, 4) is 17.6 Å². The molecule has 2 aromatic rings. The highest BCUT2D eigenvalue weighted by Crippen LogP contribution is 2.35. The number of anilines is 1. The lowest BCUT2D eigenvalue weighted by molar-refractivity contribution is 0.406. The third-order valence-electron chi connectivity index (χ3n) is 4.51. The summed E-state index contributed by atoms with van der Waals surface area (Å²) in [4.78, 5) is 8.93. The molecule has 3 heterocycles. The lowest BCUT2D eigenvalue weighted by Gasteiger charge is -2.18. The first-order valence-corrected chi connectivity index (χ1v) is 9.70. The first kappa shape index (κ1) is 19.8. The SMILES string of the molecule is C=C(N)/N=C1/SC(C#CC)Cc2nn(Cc3ncc(C)c(OC)c3C)c(N)c21. The number of aromatic nitrogens is 3. The highest BCUT2D eigenvalue weighted by Gasteiger charge is 2.30. The van der Waals surface area contributed by atoms with Gasteiger partial charge in [-0.15, -0.1) is 5.92 Å². The quantitative estimate of drug-likeness (QED) is 0.769. The number of hydrogen-bond donors (Lipinski definition) is 2. The van der Waals surface area contributed by atoms with Crippen LogP contribution < -0.4 is 16.2 Å². The van der Waals surface area contributed by atoms with Gasteiger partial charge in [0.15, 0.2) is 0 Å². The second kappa shape index (κ2) is 7.98. The number of thioether (sulfide) groups is 1. The molecule has 7 nitrogen and oxygen atoms in total. The average molecular weight is 397 g/mol. The number of rotatable bonds is 4. The number of ether oxygens (including phenoxy) is 1. The molecule has 0 saturated heterocycles. The van der Waals surface area contributed by atoms with E-state index in [-0.39, 0.29) is 11.1 Å². The van der Waals surface area contributed by atoms with Gasteiger partial charge in [-0.1, -0.05) is 24.3 Å². The molecular weight excluding hydrogens is 372 g/mol. The molecule has 1 aliphatic rings. The topological polar surface area (TPSA) is 104 Å². The summed E-state index contributed by atoms with van der Waals surface area (Å²) in [7, 11) is 1.66. The first-order chi connectivity index (χ1) is 13.3. The first-order valence-electron chi connectivity index (χ1n) is 8.82. The van der Waals surface area contributed by atoms with Gasteiger partial charge in [-0.2, -0.15) is 5.10 Å². The van der Waals surface area contributed by atoms with E-state index in [1.165, 1.54) is 11.8 Å². The van der Waals surface area contributed by atoms with E-state index in [1.807, 2.05) is 20.8 Å². The molecule has 4 N–H and O–H groups in total. The molecular formula is C20H24N6OS. The van der Waals surface area contributed by atoms with E-state index >= 15 is 0 Å². The van der Waals surface area contributed by atoms with Crippen LogP contribution in [0, 0.1) is 25.7 Å². The van der Waals surface area contributed by atoms with E-state index in [2.05, 4.69) is 28.4 Å². The summed E-state index contributed by atoms with van der Waals surface area (Å²) in [6.45, 7) is 9.90. The average Bonchev–Trinajstić information content (AvgIpc) is 2.93. The van der Waals surface area contributed by atoms with Crippen molar-refractivity contribution in [1.29, 1.82) is 0 Å². The second-order valence-electron chi connectivity index (χ2n) is 6.52. The lowest BCUT2D eigenvalue weighted by atomic mass is 10.1. The van der Waals surface area contributed by atoms with E-state index in [0.717, 1.165) is 33.8 Å². The van der Waals surface area contributed by atoms with Gasteiger partial charge >= 0.3 is 0 Å². The van der Waals surface area contributed by atoms with Gasteiger partial charge in [0.1, 0.15) is 22.4 Å². The molecule has 0 fully saturated rings. The smallest absolute Gasteiger partial charge is 0.132 e. The molecule has 146 valence electrons. The third kappa shape index (κ3) is 3.71. The molecule has 1 aliphatic heterocycles. The van der Waals surface area contributed by atoms with Gasteiger partial charge in [0.2, 0.25) is 0 Å². The van der Waals surface area contributed by atoms with Crippen LogP contribution in [0.1, 0.15) is 35.0 Å². The molecule has 0 aromatic carbocycles. The van der Waals surface area contributed by atoms with Crippen LogP contribution in [0.25, 0.3) is 0 Å². The van der Waals surface area contributed by atoms with Crippen LogP contribution in [0.2, 0.25) is 0 Å². The summed E-state index contributed by atoms with van der Waals surface area (Å²) in [5.74, 6) is 7.73. The van der Waals surface area contributed by atoms with Crippen LogP contribution in [0.15, 0.2) is 23.6 Å². The van der Waals surface area contributed by atoms with Crippen LogP contribution in [0.3, 0.4) is 0 Å². The van der Waals surface area contributed by atoms with E-state index < -0.39 is 0 Å². The zero-order valence-corrected chi connectivity index (χ0v) is 17.4. The Bertz CT molecular complexity index is 1030. The fraction of sp³-hybridized carbons (Fsp3) is 0.350. The molecule has 8 heteroatoms. The van der Waals surface area contributed by atoms with Crippen LogP contribution in [-0.4, -0.2) is 32.2 Å². The minimum absolute atomic E-state index is 0.0534. The number of pyridine rings is 1. The van der Waals surface area contributed by atoms with Gasteiger partial charge in [0.25, 0.3) is 0 Å². The number of aliphatic imine (C=N–C) groups is 1. The number of aryl methyl sites for hydroxylation is 1. The van der Waals surface area contributed by atoms with Crippen molar-refractivity contribution in [2.24, 2.45) is 10.7 Å². The maximum absolute atomic E-state index is 6.45. The second-order valence-corrected chi connectivity index (χ2v) is 7.72. The Morgan fingerprint density at radius 1 is 1.50 bits per heavy atom. The fourth-order valence-corrected chi connectivity index (χ4v) is 4.46. The number of nitrogens with two attached hydrogens (primary N) is 2. The van der Waals surface area contributed by atoms with Crippen LogP contribution in [-0.2, 0) is 13.0 Å². The van der Waals surface area contributed by atoms with Gasteiger partial charge in [-0.3, -0.25) is 4.98 Å². The minimum atomic E-state index is 0.0534. The van der Waals surface area contributed by atoms with Crippen molar-refractivity contribution < 1.29 is 4.74 Å². The highest BCUT2D eigenvalue weighted by molar-refractivity contribution is 8.15. The van der Waals surface area contributed by atoms with Gasteiger partial charge in [0.05, 0.1) is 35.9 Å².